The Morgan fingerprint density at radius 2 is 2.00 bits per heavy atom. The molecule has 1 aliphatic carbocycles. The fourth-order valence-electron chi connectivity index (χ4n) is 2.61. The van der Waals surface area contributed by atoms with Crippen LogP contribution in [0.25, 0.3) is 0 Å². The predicted molar refractivity (Wildman–Crippen MR) is 69.2 cm³/mol. The van der Waals surface area contributed by atoms with Gasteiger partial charge in [0.05, 0.1) is 0 Å². The van der Waals surface area contributed by atoms with Crippen LogP contribution in [0.2, 0.25) is 0 Å². The zero-order chi connectivity index (χ0) is 12.9. The monoisotopic (exact) mass is 242 g/mol. The molecule has 4 heteroatoms. The van der Waals surface area contributed by atoms with Crippen molar-refractivity contribution in [1.29, 1.82) is 0 Å². The Morgan fingerprint density at radius 1 is 1.41 bits per heavy atom. The lowest BCUT2D eigenvalue weighted by molar-refractivity contribution is -0.145. The molecule has 0 bridgehead atoms. The van der Waals surface area contributed by atoms with E-state index in [9.17, 15) is 9.90 Å². The second-order valence-corrected chi connectivity index (χ2v) is 5.24. The molecule has 0 amide bonds. The van der Waals surface area contributed by atoms with Gasteiger partial charge in [-0.05, 0) is 33.4 Å². The highest BCUT2D eigenvalue weighted by Crippen LogP contribution is 2.23. The highest BCUT2D eigenvalue weighted by atomic mass is 16.4. The van der Waals surface area contributed by atoms with Gasteiger partial charge in [-0.3, -0.25) is 9.69 Å². The maximum absolute atomic E-state index is 11.3. The molecular weight excluding hydrogens is 216 g/mol. The Morgan fingerprint density at radius 3 is 2.41 bits per heavy atom. The second kappa shape index (κ2) is 6.36. The second-order valence-electron chi connectivity index (χ2n) is 5.24. The van der Waals surface area contributed by atoms with Gasteiger partial charge in [-0.25, -0.2) is 0 Å². The van der Waals surface area contributed by atoms with Crippen molar-refractivity contribution < 1.29 is 9.90 Å². The topological polar surface area (TPSA) is 52.6 Å². The highest BCUT2D eigenvalue weighted by molar-refractivity contribution is 5.78. The number of carbonyl (C=O) groups is 1. The quantitative estimate of drug-likeness (QED) is 0.744. The van der Waals surface area contributed by atoms with E-state index in [0.717, 1.165) is 6.54 Å². The Kier molecular flexibility index (Phi) is 5.40. The Labute approximate surface area is 104 Å². The summed E-state index contributed by atoms with van der Waals surface area (Å²) in [5.74, 6) is -0.769. The standard InChI is InChI=1S/C13H26N2O2/c1-4-15(11-8-6-5-7-9-11)10-13(2,14-3)12(16)17/h11,14H,4-10H2,1-3H3,(H,16,17). The lowest BCUT2D eigenvalue weighted by Gasteiger charge is -2.38. The Bertz CT molecular complexity index is 252. The zero-order valence-electron chi connectivity index (χ0n) is 11.3. The van der Waals surface area contributed by atoms with Crippen molar-refractivity contribution in [3.63, 3.8) is 0 Å². The van der Waals surface area contributed by atoms with E-state index < -0.39 is 11.5 Å². The van der Waals surface area contributed by atoms with Gasteiger partial charge in [-0.1, -0.05) is 26.2 Å². The summed E-state index contributed by atoms with van der Waals surface area (Å²) in [5.41, 5.74) is -0.840. The van der Waals surface area contributed by atoms with Crippen molar-refractivity contribution in [1.82, 2.24) is 10.2 Å². The van der Waals surface area contributed by atoms with Crippen LogP contribution in [0, 0.1) is 0 Å². The number of rotatable bonds is 6. The van der Waals surface area contributed by atoms with Gasteiger partial charge in [0.2, 0.25) is 0 Å². The van der Waals surface area contributed by atoms with Crippen molar-refractivity contribution in [3.05, 3.63) is 0 Å². The summed E-state index contributed by atoms with van der Waals surface area (Å²) in [5, 5.41) is 12.2. The van der Waals surface area contributed by atoms with E-state index in [1.54, 1.807) is 14.0 Å². The molecule has 1 fully saturated rings. The summed E-state index contributed by atoms with van der Waals surface area (Å²) in [4.78, 5) is 13.6. The third kappa shape index (κ3) is 3.68. The van der Waals surface area contributed by atoms with Gasteiger partial charge in [0.1, 0.15) is 5.54 Å². The lowest BCUT2D eigenvalue weighted by Crippen LogP contribution is -2.57. The van der Waals surface area contributed by atoms with Crippen molar-refractivity contribution in [2.75, 3.05) is 20.1 Å². The third-order valence-corrected chi connectivity index (χ3v) is 4.04. The zero-order valence-corrected chi connectivity index (χ0v) is 11.3. The van der Waals surface area contributed by atoms with Crippen LogP contribution < -0.4 is 5.32 Å². The summed E-state index contributed by atoms with van der Waals surface area (Å²) >= 11 is 0. The van der Waals surface area contributed by atoms with E-state index in [4.69, 9.17) is 0 Å². The van der Waals surface area contributed by atoms with E-state index in [1.807, 2.05) is 0 Å². The summed E-state index contributed by atoms with van der Waals surface area (Å²) in [6.45, 7) is 5.39. The van der Waals surface area contributed by atoms with E-state index in [2.05, 4.69) is 17.1 Å². The summed E-state index contributed by atoms with van der Waals surface area (Å²) < 4.78 is 0. The molecule has 0 aromatic carbocycles. The number of hydrogen-bond acceptors (Lipinski definition) is 3. The van der Waals surface area contributed by atoms with Crippen LogP contribution in [0.5, 0.6) is 0 Å². The van der Waals surface area contributed by atoms with Crippen molar-refractivity contribution in [2.45, 2.75) is 57.5 Å². The molecule has 100 valence electrons. The molecule has 0 saturated heterocycles. The molecule has 1 saturated carbocycles. The van der Waals surface area contributed by atoms with Gasteiger partial charge >= 0.3 is 5.97 Å². The molecule has 2 N–H and O–H groups in total. The maximum Gasteiger partial charge on any atom is 0.324 e. The normalized spacial score (nSPS) is 21.4. The number of likely N-dealkylation sites (N-methyl/N-ethyl adjacent to an activating group) is 2. The molecule has 4 nitrogen and oxygen atoms in total. The first-order valence-corrected chi connectivity index (χ1v) is 6.70. The van der Waals surface area contributed by atoms with Gasteiger partial charge < -0.3 is 10.4 Å². The maximum atomic E-state index is 11.3. The summed E-state index contributed by atoms with van der Waals surface area (Å²) in [6.07, 6.45) is 6.33. The van der Waals surface area contributed by atoms with Gasteiger partial charge in [0, 0.05) is 12.6 Å². The average Bonchev–Trinajstić information content (AvgIpc) is 2.36. The van der Waals surface area contributed by atoms with Crippen LogP contribution in [-0.4, -0.2) is 47.7 Å². The van der Waals surface area contributed by atoms with Crippen LogP contribution in [0.15, 0.2) is 0 Å². The minimum atomic E-state index is -0.840. The largest absolute Gasteiger partial charge is 0.480 e. The molecule has 1 rings (SSSR count). The highest BCUT2D eigenvalue weighted by Gasteiger charge is 2.35. The van der Waals surface area contributed by atoms with Crippen molar-refractivity contribution in [2.24, 2.45) is 0 Å². The molecule has 0 spiro atoms. The molecule has 1 aliphatic rings. The first kappa shape index (κ1) is 14.5. The minimum Gasteiger partial charge on any atom is -0.480 e. The number of carboxylic acid groups (broad SMARTS) is 1. The number of carboxylic acids is 1. The van der Waals surface area contributed by atoms with Gasteiger partial charge in [0.15, 0.2) is 0 Å². The lowest BCUT2D eigenvalue weighted by atomic mass is 9.92. The number of aliphatic carboxylic acids is 1. The van der Waals surface area contributed by atoms with Crippen LogP contribution in [0.1, 0.15) is 46.0 Å². The first-order chi connectivity index (χ1) is 8.03. The van der Waals surface area contributed by atoms with Crippen molar-refractivity contribution >= 4 is 5.97 Å². The smallest absolute Gasteiger partial charge is 0.324 e. The molecule has 0 radical (unpaired) electrons. The van der Waals surface area contributed by atoms with E-state index in [1.165, 1.54) is 32.1 Å². The number of nitrogens with one attached hydrogen (secondary N) is 1. The number of nitrogens with zero attached hydrogens (tertiary/aromatic N) is 1. The molecule has 0 aliphatic heterocycles. The van der Waals surface area contributed by atoms with Gasteiger partial charge in [-0.2, -0.15) is 0 Å². The molecule has 17 heavy (non-hydrogen) atoms. The van der Waals surface area contributed by atoms with E-state index in [0.29, 0.717) is 12.6 Å². The Balaban J connectivity index is 2.64. The molecule has 1 unspecified atom stereocenters. The van der Waals surface area contributed by atoms with E-state index >= 15 is 0 Å². The molecular formula is C13H26N2O2. The van der Waals surface area contributed by atoms with Crippen LogP contribution in [-0.2, 0) is 4.79 Å². The van der Waals surface area contributed by atoms with Crippen LogP contribution in [0.3, 0.4) is 0 Å². The van der Waals surface area contributed by atoms with Gasteiger partial charge in [0.25, 0.3) is 0 Å². The average molecular weight is 242 g/mol. The molecule has 1 atom stereocenters. The Hall–Kier alpha value is -0.610. The minimum absolute atomic E-state index is 0.570. The SMILES string of the molecule is CCN(CC(C)(NC)C(=O)O)C1CCCCC1. The third-order valence-electron chi connectivity index (χ3n) is 4.04. The van der Waals surface area contributed by atoms with Gasteiger partial charge in [-0.15, -0.1) is 0 Å². The van der Waals surface area contributed by atoms with Crippen LogP contribution in [0.4, 0.5) is 0 Å². The summed E-state index contributed by atoms with van der Waals surface area (Å²) in [7, 11) is 1.73. The fourth-order valence-corrected chi connectivity index (χ4v) is 2.61. The van der Waals surface area contributed by atoms with E-state index in [-0.39, 0.29) is 0 Å². The molecule has 0 aromatic rings. The fraction of sp³-hybridized carbons (Fsp3) is 0.923. The van der Waals surface area contributed by atoms with Crippen molar-refractivity contribution in [3.8, 4) is 0 Å². The predicted octanol–water partition coefficient (Wildman–Crippen LogP) is 1.70. The molecule has 0 aromatic heterocycles. The van der Waals surface area contributed by atoms with Crippen LogP contribution >= 0.6 is 0 Å². The summed E-state index contributed by atoms with van der Waals surface area (Å²) in [6, 6.07) is 0.570. The first-order valence-electron chi connectivity index (χ1n) is 6.70. The molecule has 0 heterocycles. The number of hydrogen-bond donors (Lipinski definition) is 2.